The standard InChI is InChI=1S/C15H25N3O/c1-17(2)15(12-18-9-7-16-8-10-18)13-5-4-6-14(11-13)19-3/h4-6,11,15-16H,7-10,12H2,1-3H3. The average molecular weight is 263 g/mol. The summed E-state index contributed by atoms with van der Waals surface area (Å²) in [5.41, 5.74) is 1.32. The van der Waals surface area contributed by atoms with Crippen LogP contribution in [-0.4, -0.2) is 63.7 Å². The molecule has 1 unspecified atom stereocenters. The lowest BCUT2D eigenvalue weighted by Gasteiger charge is -2.34. The molecule has 2 rings (SSSR count). The molecule has 19 heavy (non-hydrogen) atoms. The van der Waals surface area contributed by atoms with E-state index in [-0.39, 0.29) is 0 Å². The molecule has 0 spiro atoms. The highest BCUT2D eigenvalue weighted by Crippen LogP contribution is 2.23. The summed E-state index contributed by atoms with van der Waals surface area (Å²) < 4.78 is 5.33. The summed E-state index contributed by atoms with van der Waals surface area (Å²) in [6, 6.07) is 8.82. The molecule has 1 atom stereocenters. The maximum Gasteiger partial charge on any atom is 0.119 e. The predicted molar refractivity (Wildman–Crippen MR) is 78.7 cm³/mol. The van der Waals surface area contributed by atoms with Gasteiger partial charge >= 0.3 is 0 Å². The second-order valence-electron chi connectivity index (χ2n) is 5.31. The fourth-order valence-electron chi connectivity index (χ4n) is 2.55. The van der Waals surface area contributed by atoms with Gasteiger partial charge in [0, 0.05) is 38.8 Å². The van der Waals surface area contributed by atoms with Crippen molar-refractivity contribution in [3.63, 3.8) is 0 Å². The Morgan fingerprint density at radius 1 is 1.32 bits per heavy atom. The first kappa shape index (κ1) is 14.3. The van der Waals surface area contributed by atoms with Crippen molar-refractivity contribution in [1.82, 2.24) is 15.1 Å². The molecule has 4 heteroatoms. The van der Waals surface area contributed by atoms with Crippen molar-refractivity contribution in [2.24, 2.45) is 0 Å². The number of hydrogen-bond acceptors (Lipinski definition) is 4. The third kappa shape index (κ3) is 3.93. The van der Waals surface area contributed by atoms with Crippen LogP contribution in [0.1, 0.15) is 11.6 Å². The number of nitrogens with zero attached hydrogens (tertiary/aromatic N) is 2. The summed E-state index contributed by atoms with van der Waals surface area (Å²) in [5, 5.41) is 3.40. The van der Waals surface area contributed by atoms with Crippen LogP contribution in [0.3, 0.4) is 0 Å². The Morgan fingerprint density at radius 3 is 2.68 bits per heavy atom. The van der Waals surface area contributed by atoms with E-state index in [1.165, 1.54) is 5.56 Å². The minimum atomic E-state index is 0.410. The quantitative estimate of drug-likeness (QED) is 0.864. The first-order valence-electron chi connectivity index (χ1n) is 6.94. The molecule has 1 saturated heterocycles. The monoisotopic (exact) mass is 263 g/mol. The van der Waals surface area contributed by atoms with Gasteiger partial charge in [-0.3, -0.25) is 4.90 Å². The number of nitrogens with one attached hydrogen (secondary N) is 1. The Bertz CT molecular complexity index is 389. The van der Waals surface area contributed by atoms with Crippen LogP contribution >= 0.6 is 0 Å². The molecule has 1 aliphatic rings. The van der Waals surface area contributed by atoms with E-state index < -0.39 is 0 Å². The molecule has 1 aliphatic heterocycles. The van der Waals surface area contributed by atoms with E-state index in [4.69, 9.17) is 4.74 Å². The van der Waals surface area contributed by atoms with Gasteiger partial charge in [0.2, 0.25) is 0 Å². The van der Waals surface area contributed by atoms with Crippen molar-refractivity contribution in [2.75, 3.05) is 53.9 Å². The van der Waals surface area contributed by atoms with E-state index in [1.54, 1.807) is 7.11 Å². The van der Waals surface area contributed by atoms with Crippen molar-refractivity contribution in [1.29, 1.82) is 0 Å². The Kier molecular flexibility index (Phi) is 5.19. The summed E-state index contributed by atoms with van der Waals surface area (Å²) >= 11 is 0. The third-order valence-corrected chi connectivity index (χ3v) is 3.74. The van der Waals surface area contributed by atoms with Crippen LogP contribution in [0.5, 0.6) is 5.75 Å². The lowest BCUT2D eigenvalue weighted by atomic mass is 10.0. The molecule has 1 fully saturated rings. The lowest BCUT2D eigenvalue weighted by Crippen LogP contribution is -2.46. The normalized spacial score (nSPS) is 18.5. The first-order valence-corrected chi connectivity index (χ1v) is 6.94. The summed E-state index contributed by atoms with van der Waals surface area (Å²) in [6.45, 7) is 5.53. The van der Waals surface area contributed by atoms with Gasteiger partial charge in [-0.15, -0.1) is 0 Å². The van der Waals surface area contributed by atoms with Gasteiger partial charge in [-0.2, -0.15) is 0 Å². The topological polar surface area (TPSA) is 27.7 Å². The van der Waals surface area contributed by atoms with Crippen LogP contribution in [0, 0.1) is 0 Å². The molecule has 0 aliphatic carbocycles. The van der Waals surface area contributed by atoms with Crippen LogP contribution in [0.25, 0.3) is 0 Å². The zero-order valence-electron chi connectivity index (χ0n) is 12.2. The van der Waals surface area contributed by atoms with Crippen LogP contribution < -0.4 is 10.1 Å². The summed E-state index contributed by atoms with van der Waals surface area (Å²) in [4.78, 5) is 4.82. The average Bonchev–Trinajstić information content (AvgIpc) is 2.45. The Labute approximate surface area is 116 Å². The summed E-state index contributed by atoms with van der Waals surface area (Å²) in [5.74, 6) is 0.935. The number of hydrogen-bond donors (Lipinski definition) is 1. The van der Waals surface area contributed by atoms with E-state index in [2.05, 4.69) is 47.4 Å². The molecule has 1 aromatic carbocycles. The number of ether oxygens (including phenoxy) is 1. The third-order valence-electron chi connectivity index (χ3n) is 3.74. The predicted octanol–water partition coefficient (Wildman–Crippen LogP) is 1.20. The first-order chi connectivity index (χ1) is 9.20. The molecule has 1 N–H and O–H groups in total. The molecule has 0 bridgehead atoms. The molecule has 0 saturated carbocycles. The van der Waals surface area contributed by atoms with E-state index in [1.807, 2.05) is 6.07 Å². The molecule has 0 aromatic heterocycles. The zero-order chi connectivity index (χ0) is 13.7. The van der Waals surface area contributed by atoms with Gasteiger partial charge in [-0.25, -0.2) is 0 Å². The number of methoxy groups -OCH3 is 1. The van der Waals surface area contributed by atoms with Crippen molar-refractivity contribution in [2.45, 2.75) is 6.04 Å². The van der Waals surface area contributed by atoms with Gasteiger partial charge in [0.15, 0.2) is 0 Å². The Hall–Kier alpha value is -1.10. The van der Waals surface area contributed by atoms with Crippen LogP contribution in [-0.2, 0) is 0 Å². The Balaban J connectivity index is 2.09. The highest BCUT2D eigenvalue weighted by molar-refractivity contribution is 5.30. The number of rotatable bonds is 5. The van der Waals surface area contributed by atoms with Gasteiger partial charge in [0.25, 0.3) is 0 Å². The lowest BCUT2D eigenvalue weighted by molar-refractivity contribution is 0.168. The highest BCUT2D eigenvalue weighted by atomic mass is 16.5. The van der Waals surface area contributed by atoms with Gasteiger partial charge in [-0.05, 0) is 31.8 Å². The molecular formula is C15H25N3O. The van der Waals surface area contributed by atoms with Crippen LogP contribution in [0.4, 0.5) is 0 Å². The van der Waals surface area contributed by atoms with Crippen molar-refractivity contribution < 1.29 is 4.74 Å². The SMILES string of the molecule is COc1cccc(C(CN2CCNCC2)N(C)C)c1. The van der Waals surface area contributed by atoms with Crippen LogP contribution in [0.2, 0.25) is 0 Å². The van der Waals surface area contributed by atoms with E-state index >= 15 is 0 Å². The van der Waals surface area contributed by atoms with E-state index in [9.17, 15) is 0 Å². The maximum atomic E-state index is 5.33. The fraction of sp³-hybridized carbons (Fsp3) is 0.600. The van der Waals surface area contributed by atoms with Gasteiger partial charge in [-0.1, -0.05) is 12.1 Å². The molecule has 0 amide bonds. The maximum absolute atomic E-state index is 5.33. The zero-order valence-corrected chi connectivity index (χ0v) is 12.2. The minimum Gasteiger partial charge on any atom is -0.497 e. The highest BCUT2D eigenvalue weighted by Gasteiger charge is 2.19. The molecule has 4 nitrogen and oxygen atoms in total. The van der Waals surface area contributed by atoms with Gasteiger partial charge < -0.3 is 15.0 Å². The molecular weight excluding hydrogens is 238 g/mol. The molecule has 106 valence electrons. The van der Waals surface area contributed by atoms with E-state index in [0.29, 0.717) is 6.04 Å². The Morgan fingerprint density at radius 2 is 2.05 bits per heavy atom. The number of benzene rings is 1. The van der Waals surface area contributed by atoms with E-state index in [0.717, 1.165) is 38.5 Å². The van der Waals surface area contributed by atoms with Gasteiger partial charge in [0.1, 0.15) is 5.75 Å². The molecule has 0 radical (unpaired) electrons. The summed E-state index contributed by atoms with van der Waals surface area (Å²) in [6.07, 6.45) is 0. The second-order valence-corrected chi connectivity index (χ2v) is 5.31. The van der Waals surface area contributed by atoms with Crippen molar-refractivity contribution >= 4 is 0 Å². The van der Waals surface area contributed by atoms with Crippen molar-refractivity contribution in [3.05, 3.63) is 29.8 Å². The molecule has 1 aromatic rings. The number of likely N-dealkylation sites (N-methyl/N-ethyl adjacent to an activating group) is 1. The van der Waals surface area contributed by atoms with Gasteiger partial charge in [0.05, 0.1) is 7.11 Å². The minimum absolute atomic E-state index is 0.410. The fourth-order valence-corrected chi connectivity index (χ4v) is 2.55. The largest absolute Gasteiger partial charge is 0.497 e. The smallest absolute Gasteiger partial charge is 0.119 e. The summed E-state index contributed by atoms with van der Waals surface area (Å²) in [7, 11) is 6.01. The number of piperazine rings is 1. The molecule has 1 heterocycles. The van der Waals surface area contributed by atoms with Crippen molar-refractivity contribution in [3.8, 4) is 5.75 Å². The second kappa shape index (κ2) is 6.89. The van der Waals surface area contributed by atoms with Crippen LogP contribution in [0.15, 0.2) is 24.3 Å².